The van der Waals surface area contributed by atoms with Gasteiger partial charge in [-0.05, 0) is 25.7 Å². The zero-order chi connectivity index (χ0) is 17.6. The van der Waals surface area contributed by atoms with Gasteiger partial charge in [-0.2, -0.15) is 0 Å². The maximum Gasteiger partial charge on any atom is 1.00 e. The molecule has 140 valence electrons. The van der Waals surface area contributed by atoms with E-state index < -0.39 is 15.4 Å². The summed E-state index contributed by atoms with van der Waals surface area (Å²) >= 11 is 0. The number of unbranched alkanes of at least 4 members (excludes halogenated alkanes) is 7. The van der Waals surface area contributed by atoms with Gasteiger partial charge in [0.05, 0.1) is 16.2 Å². The van der Waals surface area contributed by atoms with Crippen molar-refractivity contribution in [2.75, 3.05) is 0 Å². The van der Waals surface area contributed by atoms with Crippen molar-refractivity contribution in [2.24, 2.45) is 0 Å². The summed E-state index contributed by atoms with van der Waals surface area (Å²) in [5.74, 6) is 0. The van der Waals surface area contributed by atoms with Crippen LogP contribution in [0.3, 0.4) is 0 Å². The first-order chi connectivity index (χ1) is 10.9. The van der Waals surface area contributed by atoms with Gasteiger partial charge in [0.25, 0.3) is 0 Å². The van der Waals surface area contributed by atoms with E-state index in [0.29, 0.717) is 12.8 Å². The molecule has 0 aromatic rings. The van der Waals surface area contributed by atoms with Crippen LogP contribution in [0.25, 0.3) is 0 Å². The number of hydrogen-bond donors (Lipinski definition) is 1. The molecule has 2 unspecified atom stereocenters. The van der Waals surface area contributed by atoms with Crippen LogP contribution in [-0.4, -0.2) is 29.4 Å². The Bertz CT molecular complexity index is 360. The average molecular weight is 373 g/mol. The van der Waals surface area contributed by atoms with E-state index in [9.17, 15) is 18.1 Å². The quantitative estimate of drug-likeness (QED) is 0.254. The fourth-order valence-electron chi connectivity index (χ4n) is 2.93. The average Bonchev–Trinajstić information content (AvgIpc) is 2.48. The van der Waals surface area contributed by atoms with Crippen molar-refractivity contribution in [1.29, 1.82) is 0 Å². The molecule has 0 aliphatic carbocycles. The fourth-order valence-corrected chi connectivity index (χ4v) is 3.85. The first-order valence-corrected chi connectivity index (χ1v) is 11.0. The van der Waals surface area contributed by atoms with E-state index >= 15 is 0 Å². The molecule has 0 amide bonds. The molecule has 0 aliphatic heterocycles. The summed E-state index contributed by atoms with van der Waals surface area (Å²) in [5.41, 5.74) is 0. The molecule has 4 nitrogen and oxygen atoms in total. The van der Waals surface area contributed by atoms with Gasteiger partial charge in [-0.1, -0.05) is 78.1 Å². The van der Waals surface area contributed by atoms with Crippen LogP contribution in [0.4, 0.5) is 0 Å². The van der Waals surface area contributed by atoms with Crippen molar-refractivity contribution >= 4 is 10.1 Å². The molecule has 0 rings (SSSR count). The van der Waals surface area contributed by atoms with Crippen molar-refractivity contribution in [3.8, 4) is 0 Å². The second-order valence-corrected chi connectivity index (χ2v) is 8.40. The number of aliphatic hydroxyl groups excluding tert-OH is 1. The van der Waals surface area contributed by atoms with Crippen LogP contribution in [0, 0.1) is 0 Å². The molecule has 1 N–H and O–H groups in total. The van der Waals surface area contributed by atoms with E-state index in [1.807, 2.05) is 0 Å². The molecule has 0 aliphatic rings. The third-order valence-electron chi connectivity index (χ3n) is 4.49. The van der Waals surface area contributed by atoms with Crippen LogP contribution in [0.2, 0.25) is 0 Å². The second kappa shape index (κ2) is 17.3. The monoisotopic (exact) mass is 372 g/mol. The standard InChI is InChI=1S/C18H38O4S.Na/c1-3-5-7-11-15-18(23(20,21)22)16-12-8-10-14-17(19)13-9-6-4-2;/h17-19H,3-16H2,1-2H3,(H,20,21,22);/q;+1/p-1. The van der Waals surface area contributed by atoms with Crippen molar-refractivity contribution in [3.05, 3.63) is 0 Å². The van der Waals surface area contributed by atoms with Gasteiger partial charge in [0.15, 0.2) is 0 Å². The van der Waals surface area contributed by atoms with Crippen molar-refractivity contribution in [2.45, 2.75) is 115 Å². The molecular formula is C18H37NaO4S. The van der Waals surface area contributed by atoms with E-state index in [4.69, 9.17) is 0 Å². The minimum absolute atomic E-state index is 0. The fraction of sp³-hybridized carbons (Fsp3) is 1.00. The smallest absolute Gasteiger partial charge is 0.748 e. The van der Waals surface area contributed by atoms with E-state index in [1.165, 1.54) is 0 Å². The summed E-state index contributed by atoms with van der Waals surface area (Å²) in [7, 11) is -4.17. The Labute approximate surface area is 172 Å². The second-order valence-electron chi connectivity index (χ2n) is 6.75. The van der Waals surface area contributed by atoms with Gasteiger partial charge in [-0.15, -0.1) is 0 Å². The maximum atomic E-state index is 11.3. The van der Waals surface area contributed by atoms with Gasteiger partial charge in [0.2, 0.25) is 0 Å². The van der Waals surface area contributed by atoms with E-state index in [0.717, 1.165) is 77.0 Å². The molecule has 24 heavy (non-hydrogen) atoms. The molecular weight excluding hydrogens is 335 g/mol. The topological polar surface area (TPSA) is 77.4 Å². The summed E-state index contributed by atoms with van der Waals surface area (Å²) in [6.07, 6.45) is 12.4. The molecule has 0 aromatic carbocycles. The molecule has 0 bridgehead atoms. The molecule has 0 radical (unpaired) electrons. The Morgan fingerprint density at radius 2 is 1.12 bits per heavy atom. The molecule has 0 heterocycles. The van der Waals surface area contributed by atoms with E-state index in [-0.39, 0.29) is 35.7 Å². The molecule has 6 heteroatoms. The molecule has 0 spiro atoms. The van der Waals surface area contributed by atoms with E-state index in [2.05, 4.69) is 13.8 Å². The molecule has 0 fully saturated rings. The molecule has 0 saturated heterocycles. The number of rotatable bonds is 16. The zero-order valence-electron chi connectivity index (χ0n) is 16.1. The minimum atomic E-state index is -4.17. The van der Waals surface area contributed by atoms with Gasteiger partial charge in [0.1, 0.15) is 0 Å². The summed E-state index contributed by atoms with van der Waals surface area (Å²) in [4.78, 5) is 0. The van der Waals surface area contributed by atoms with E-state index in [1.54, 1.807) is 0 Å². The summed E-state index contributed by atoms with van der Waals surface area (Å²) in [6.45, 7) is 4.26. The Balaban J connectivity index is 0. The van der Waals surface area contributed by atoms with Gasteiger partial charge in [-0.3, -0.25) is 0 Å². The zero-order valence-corrected chi connectivity index (χ0v) is 19.0. The first kappa shape index (κ1) is 27.1. The Kier molecular flexibility index (Phi) is 19.5. The number of hydrogen-bond acceptors (Lipinski definition) is 4. The van der Waals surface area contributed by atoms with Crippen molar-refractivity contribution in [3.63, 3.8) is 0 Å². The third kappa shape index (κ3) is 16.3. The third-order valence-corrected chi connectivity index (χ3v) is 5.78. The molecule has 0 aromatic heterocycles. The van der Waals surface area contributed by atoms with Crippen molar-refractivity contribution < 1.29 is 47.6 Å². The summed E-state index contributed by atoms with van der Waals surface area (Å²) in [5, 5.41) is 9.12. The van der Waals surface area contributed by atoms with Crippen LogP contribution in [0.1, 0.15) is 104 Å². The first-order valence-electron chi connectivity index (χ1n) is 9.54. The normalized spacial score (nSPS) is 14.2. The van der Waals surface area contributed by atoms with Crippen LogP contribution in [0.15, 0.2) is 0 Å². The van der Waals surface area contributed by atoms with Gasteiger partial charge in [0, 0.05) is 5.25 Å². The Hall–Kier alpha value is 0.870. The molecule has 0 saturated carbocycles. The summed E-state index contributed by atoms with van der Waals surface area (Å²) in [6, 6.07) is 0. The predicted molar refractivity (Wildman–Crippen MR) is 95.5 cm³/mol. The largest absolute Gasteiger partial charge is 1.00 e. The van der Waals surface area contributed by atoms with Crippen LogP contribution in [0.5, 0.6) is 0 Å². The van der Waals surface area contributed by atoms with Crippen LogP contribution >= 0.6 is 0 Å². The van der Waals surface area contributed by atoms with Gasteiger partial charge < -0.3 is 9.66 Å². The SMILES string of the molecule is CCCCCCC(CCCCCC(O)CCCCC)S(=O)(=O)[O-].[Na+]. The Morgan fingerprint density at radius 3 is 1.58 bits per heavy atom. The van der Waals surface area contributed by atoms with Crippen LogP contribution < -0.4 is 29.6 Å². The Morgan fingerprint density at radius 1 is 0.750 bits per heavy atom. The number of aliphatic hydroxyl groups is 1. The van der Waals surface area contributed by atoms with Crippen LogP contribution in [-0.2, 0) is 10.1 Å². The molecule has 2 atom stereocenters. The minimum Gasteiger partial charge on any atom is -0.748 e. The van der Waals surface area contributed by atoms with Crippen molar-refractivity contribution in [1.82, 2.24) is 0 Å². The van der Waals surface area contributed by atoms with Gasteiger partial charge in [-0.25, -0.2) is 8.42 Å². The predicted octanol–water partition coefficient (Wildman–Crippen LogP) is 1.77. The van der Waals surface area contributed by atoms with Gasteiger partial charge >= 0.3 is 29.6 Å². The summed E-state index contributed by atoms with van der Waals surface area (Å²) < 4.78 is 34.0. The maximum absolute atomic E-state index is 11.3.